The molecule has 0 aliphatic heterocycles. The van der Waals surface area contributed by atoms with Crippen molar-refractivity contribution in [3.8, 4) is 0 Å². The average molecular weight is 241 g/mol. The SMILES string of the molecule is CC(C)(c1ccccc1)c1ccccc1.O[B]O. The fourth-order valence-electron chi connectivity index (χ4n) is 1.88. The zero-order valence-corrected chi connectivity index (χ0v) is 10.7. The second kappa shape index (κ2) is 6.99. The molecule has 2 rings (SSSR count). The van der Waals surface area contributed by atoms with E-state index in [-0.39, 0.29) is 13.1 Å². The quantitative estimate of drug-likeness (QED) is 0.793. The van der Waals surface area contributed by atoms with Crippen molar-refractivity contribution < 1.29 is 10.0 Å². The van der Waals surface area contributed by atoms with E-state index in [1.807, 2.05) is 0 Å². The van der Waals surface area contributed by atoms with Crippen LogP contribution in [0.4, 0.5) is 0 Å². The maximum atomic E-state index is 7.00. The Balaban J connectivity index is 0.000000492. The molecule has 18 heavy (non-hydrogen) atoms. The van der Waals surface area contributed by atoms with E-state index in [2.05, 4.69) is 74.5 Å². The lowest BCUT2D eigenvalue weighted by Crippen LogP contribution is -2.18. The van der Waals surface area contributed by atoms with Crippen LogP contribution in [0.5, 0.6) is 0 Å². The van der Waals surface area contributed by atoms with Crippen molar-refractivity contribution in [2.24, 2.45) is 0 Å². The van der Waals surface area contributed by atoms with E-state index in [1.54, 1.807) is 0 Å². The van der Waals surface area contributed by atoms with Gasteiger partial charge in [0, 0.05) is 5.41 Å². The lowest BCUT2D eigenvalue weighted by Gasteiger charge is -2.25. The molecule has 0 aliphatic rings. The predicted octanol–water partition coefficient (Wildman–Crippen LogP) is 2.52. The molecule has 0 fully saturated rings. The van der Waals surface area contributed by atoms with Crippen LogP contribution in [0, 0.1) is 0 Å². The summed E-state index contributed by atoms with van der Waals surface area (Å²) in [5.74, 6) is 0. The van der Waals surface area contributed by atoms with Crippen LogP contribution in [0.2, 0.25) is 0 Å². The Bertz CT molecular complexity index is 399. The molecule has 0 aromatic heterocycles. The van der Waals surface area contributed by atoms with Crippen LogP contribution in [-0.4, -0.2) is 17.7 Å². The van der Waals surface area contributed by atoms with E-state index >= 15 is 0 Å². The van der Waals surface area contributed by atoms with Crippen molar-refractivity contribution in [3.63, 3.8) is 0 Å². The van der Waals surface area contributed by atoms with Gasteiger partial charge in [0.1, 0.15) is 0 Å². The maximum absolute atomic E-state index is 7.00. The van der Waals surface area contributed by atoms with Crippen LogP contribution in [0.3, 0.4) is 0 Å². The molecule has 0 unspecified atom stereocenters. The first-order valence-electron chi connectivity index (χ1n) is 5.84. The third-order valence-electron chi connectivity index (χ3n) is 2.99. The summed E-state index contributed by atoms with van der Waals surface area (Å²) in [5, 5.41) is 14.0. The molecule has 0 amide bonds. The van der Waals surface area contributed by atoms with Gasteiger partial charge in [-0.25, -0.2) is 0 Å². The zero-order chi connectivity index (χ0) is 13.4. The van der Waals surface area contributed by atoms with Gasteiger partial charge in [-0.3, -0.25) is 0 Å². The summed E-state index contributed by atoms with van der Waals surface area (Å²) in [4.78, 5) is 0. The first kappa shape index (κ1) is 14.5. The van der Waals surface area contributed by atoms with Gasteiger partial charge in [0.15, 0.2) is 0 Å². The van der Waals surface area contributed by atoms with Gasteiger partial charge in [-0.1, -0.05) is 74.5 Å². The minimum absolute atomic E-state index is 0. The molecule has 0 bridgehead atoms. The monoisotopic (exact) mass is 241 g/mol. The molecule has 93 valence electrons. The van der Waals surface area contributed by atoms with Crippen LogP contribution >= 0.6 is 0 Å². The molecule has 0 saturated carbocycles. The second-order valence-electron chi connectivity index (χ2n) is 4.47. The summed E-state index contributed by atoms with van der Waals surface area (Å²) >= 11 is 0. The molecule has 0 heterocycles. The minimum atomic E-state index is 0. The van der Waals surface area contributed by atoms with Gasteiger partial charge in [0.2, 0.25) is 0 Å². The van der Waals surface area contributed by atoms with E-state index < -0.39 is 0 Å². The molecule has 2 aromatic carbocycles. The van der Waals surface area contributed by atoms with E-state index in [0.717, 1.165) is 0 Å². The van der Waals surface area contributed by atoms with Crippen molar-refractivity contribution in [1.82, 2.24) is 0 Å². The number of hydrogen-bond acceptors (Lipinski definition) is 2. The highest BCUT2D eigenvalue weighted by Gasteiger charge is 2.21. The number of benzene rings is 2. The molecular formula is C15H18BO2. The first-order valence-corrected chi connectivity index (χ1v) is 5.84. The largest absolute Gasteiger partial charge is 0.482 e. The zero-order valence-electron chi connectivity index (χ0n) is 10.7. The van der Waals surface area contributed by atoms with Gasteiger partial charge >= 0.3 is 7.69 Å². The Morgan fingerprint density at radius 2 is 1.00 bits per heavy atom. The molecule has 0 atom stereocenters. The smallest absolute Gasteiger partial charge is 0.429 e. The third kappa shape index (κ3) is 3.72. The normalized spacial score (nSPS) is 10.2. The second-order valence-corrected chi connectivity index (χ2v) is 4.47. The molecule has 1 radical (unpaired) electrons. The van der Waals surface area contributed by atoms with Crippen molar-refractivity contribution in [1.29, 1.82) is 0 Å². The lowest BCUT2D eigenvalue weighted by molar-refractivity contribution is 0.448. The molecule has 2 aromatic rings. The Hall–Kier alpha value is -1.58. The van der Waals surface area contributed by atoms with Crippen LogP contribution < -0.4 is 0 Å². The summed E-state index contributed by atoms with van der Waals surface area (Å²) in [7, 11) is 0. The van der Waals surface area contributed by atoms with Gasteiger partial charge in [-0.05, 0) is 11.1 Å². The molecule has 2 nitrogen and oxygen atoms in total. The van der Waals surface area contributed by atoms with E-state index in [4.69, 9.17) is 10.0 Å². The molecular weight excluding hydrogens is 223 g/mol. The van der Waals surface area contributed by atoms with E-state index in [0.29, 0.717) is 0 Å². The van der Waals surface area contributed by atoms with Gasteiger partial charge in [0.05, 0.1) is 0 Å². The van der Waals surface area contributed by atoms with Gasteiger partial charge in [-0.2, -0.15) is 0 Å². The minimum Gasteiger partial charge on any atom is -0.429 e. The summed E-state index contributed by atoms with van der Waals surface area (Å²) in [6, 6.07) is 21.3. The first-order chi connectivity index (χ1) is 8.62. The van der Waals surface area contributed by atoms with Crippen LogP contribution in [0.15, 0.2) is 60.7 Å². The molecule has 0 saturated heterocycles. The molecule has 0 aliphatic carbocycles. The lowest BCUT2D eigenvalue weighted by atomic mass is 9.78. The highest BCUT2D eigenvalue weighted by atomic mass is 16.4. The predicted molar refractivity (Wildman–Crippen MR) is 75.2 cm³/mol. The highest BCUT2D eigenvalue weighted by molar-refractivity contribution is 6.13. The van der Waals surface area contributed by atoms with Crippen LogP contribution in [-0.2, 0) is 5.41 Å². The molecule has 0 spiro atoms. The Labute approximate surface area is 109 Å². The Kier molecular flexibility index (Phi) is 5.63. The maximum Gasteiger partial charge on any atom is 0.482 e. The van der Waals surface area contributed by atoms with Gasteiger partial charge < -0.3 is 10.0 Å². The van der Waals surface area contributed by atoms with Crippen molar-refractivity contribution in [3.05, 3.63) is 71.8 Å². The Morgan fingerprint density at radius 3 is 1.28 bits per heavy atom. The van der Waals surface area contributed by atoms with Crippen molar-refractivity contribution >= 4 is 7.69 Å². The van der Waals surface area contributed by atoms with E-state index in [9.17, 15) is 0 Å². The fourth-order valence-corrected chi connectivity index (χ4v) is 1.88. The van der Waals surface area contributed by atoms with Gasteiger partial charge in [0.25, 0.3) is 0 Å². The van der Waals surface area contributed by atoms with E-state index in [1.165, 1.54) is 11.1 Å². The summed E-state index contributed by atoms with van der Waals surface area (Å²) in [6.07, 6.45) is 0. The standard InChI is InChI=1S/C15H16.BH2O2/c1-15(2,13-9-5-3-6-10-13)14-11-7-4-8-12-14;2-1-3/h3-12H,1-2H3;2-3H. The summed E-state index contributed by atoms with van der Waals surface area (Å²) in [6.45, 7) is 4.52. The van der Waals surface area contributed by atoms with Gasteiger partial charge in [-0.15, -0.1) is 0 Å². The summed E-state index contributed by atoms with van der Waals surface area (Å²) in [5.41, 5.74) is 2.80. The van der Waals surface area contributed by atoms with Crippen LogP contribution in [0.25, 0.3) is 0 Å². The topological polar surface area (TPSA) is 40.5 Å². The van der Waals surface area contributed by atoms with Crippen molar-refractivity contribution in [2.75, 3.05) is 0 Å². The Morgan fingerprint density at radius 1 is 0.722 bits per heavy atom. The average Bonchev–Trinajstić information content (AvgIpc) is 2.42. The highest BCUT2D eigenvalue weighted by Crippen LogP contribution is 2.30. The van der Waals surface area contributed by atoms with Crippen LogP contribution in [0.1, 0.15) is 25.0 Å². The summed E-state index contributed by atoms with van der Waals surface area (Å²) < 4.78 is 0. The molecule has 3 heteroatoms. The van der Waals surface area contributed by atoms with Crippen molar-refractivity contribution in [2.45, 2.75) is 19.3 Å². The third-order valence-corrected chi connectivity index (χ3v) is 2.99. The number of rotatable bonds is 2. The molecule has 2 N–H and O–H groups in total. The number of hydrogen-bond donors (Lipinski definition) is 2. The fraction of sp³-hybridized carbons (Fsp3) is 0.200.